The number of hydrogen-bond donors (Lipinski definition) is 0. The van der Waals surface area contributed by atoms with Gasteiger partial charge in [-0.15, -0.1) is 0 Å². The van der Waals surface area contributed by atoms with Crippen LogP contribution in [0.3, 0.4) is 0 Å². The van der Waals surface area contributed by atoms with Crippen LogP contribution in [-0.2, 0) is 6.18 Å². The molecule has 0 aliphatic carbocycles. The van der Waals surface area contributed by atoms with Crippen molar-refractivity contribution in [3.63, 3.8) is 0 Å². The molecule has 0 aliphatic rings. The van der Waals surface area contributed by atoms with Crippen LogP contribution >= 0.6 is 15.9 Å². The molecule has 1 rings (SSSR count). The average Bonchev–Trinajstić information content (AvgIpc) is 2.28. The molecule has 5 heteroatoms. The van der Waals surface area contributed by atoms with E-state index >= 15 is 0 Å². The number of nitriles is 1. The fourth-order valence-electron chi connectivity index (χ4n) is 1.29. The summed E-state index contributed by atoms with van der Waals surface area (Å²) >= 11 is 3.19. The Balaban J connectivity index is 3.17. The molecule has 0 atom stereocenters. The zero-order valence-electron chi connectivity index (χ0n) is 8.76. The minimum absolute atomic E-state index is 0.00923. The largest absolute Gasteiger partial charge is 0.417 e. The lowest BCUT2D eigenvalue weighted by molar-refractivity contribution is -0.137. The molecule has 0 N–H and O–H groups in total. The zero-order valence-corrected chi connectivity index (χ0v) is 10.3. The Morgan fingerprint density at radius 2 is 2.06 bits per heavy atom. The SMILES string of the molecule is N#Cc1ccc(C=CCCBr)c(C(F)(F)F)c1. The Morgan fingerprint density at radius 3 is 2.59 bits per heavy atom. The van der Waals surface area contributed by atoms with E-state index in [1.165, 1.54) is 18.2 Å². The molecule has 0 amide bonds. The van der Waals surface area contributed by atoms with Crippen LogP contribution in [0, 0.1) is 11.3 Å². The van der Waals surface area contributed by atoms with Crippen molar-refractivity contribution in [2.24, 2.45) is 0 Å². The quantitative estimate of drug-likeness (QED) is 0.760. The van der Waals surface area contributed by atoms with Crippen molar-refractivity contribution in [1.82, 2.24) is 0 Å². The normalized spacial score (nSPS) is 11.7. The molecule has 0 saturated heterocycles. The first kappa shape index (κ1) is 13.8. The lowest BCUT2D eigenvalue weighted by Gasteiger charge is -2.10. The van der Waals surface area contributed by atoms with Crippen LogP contribution < -0.4 is 0 Å². The fraction of sp³-hybridized carbons (Fsp3) is 0.250. The second-order valence-electron chi connectivity index (χ2n) is 3.29. The van der Waals surface area contributed by atoms with E-state index in [-0.39, 0.29) is 11.1 Å². The second kappa shape index (κ2) is 5.87. The minimum Gasteiger partial charge on any atom is -0.192 e. The van der Waals surface area contributed by atoms with E-state index in [1.807, 2.05) is 0 Å². The lowest BCUT2D eigenvalue weighted by atomic mass is 10.0. The molecule has 0 saturated carbocycles. The first-order valence-corrected chi connectivity index (χ1v) is 5.95. The molecule has 0 radical (unpaired) electrons. The Hall–Kier alpha value is -1.28. The van der Waals surface area contributed by atoms with Crippen LogP contribution in [0.25, 0.3) is 6.08 Å². The molecule has 0 unspecified atom stereocenters. The molecule has 0 heterocycles. The molecule has 0 aliphatic heterocycles. The maximum atomic E-state index is 12.7. The summed E-state index contributed by atoms with van der Waals surface area (Å²) in [4.78, 5) is 0. The number of hydrogen-bond acceptors (Lipinski definition) is 1. The van der Waals surface area contributed by atoms with Gasteiger partial charge in [0.15, 0.2) is 0 Å². The summed E-state index contributed by atoms with van der Waals surface area (Å²) in [5.41, 5.74) is -0.685. The molecule has 0 spiro atoms. The van der Waals surface area contributed by atoms with Gasteiger partial charge in [-0.25, -0.2) is 0 Å². The van der Waals surface area contributed by atoms with E-state index in [9.17, 15) is 13.2 Å². The molecule has 17 heavy (non-hydrogen) atoms. The van der Waals surface area contributed by atoms with E-state index in [0.29, 0.717) is 11.8 Å². The third-order valence-electron chi connectivity index (χ3n) is 2.06. The second-order valence-corrected chi connectivity index (χ2v) is 4.08. The van der Waals surface area contributed by atoms with E-state index in [4.69, 9.17) is 5.26 Å². The smallest absolute Gasteiger partial charge is 0.192 e. The van der Waals surface area contributed by atoms with Gasteiger partial charge in [-0.1, -0.05) is 34.1 Å². The molecule has 1 aromatic rings. The van der Waals surface area contributed by atoms with E-state index in [1.54, 1.807) is 12.1 Å². The molecular formula is C12H9BrF3N. The van der Waals surface area contributed by atoms with E-state index < -0.39 is 11.7 Å². The monoisotopic (exact) mass is 303 g/mol. The predicted molar refractivity (Wildman–Crippen MR) is 63.6 cm³/mol. The lowest BCUT2D eigenvalue weighted by Crippen LogP contribution is -2.07. The summed E-state index contributed by atoms with van der Waals surface area (Å²) in [7, 11) is 0. The topological polar surface area (TPSA) is 23.8 Å². The van der Waals surface area contributed by atoms with E-state index in [0.717, 1.165) is 6.07 Å². The van der Waals surface area contributed by atoms with Gasteiger partial charge in [0.05, 0.1) is 17.2 Å². The van der Waals surface area contributed by atoms with Crippen LogP contribution in [0.4, 0.5) is 13.2 Å². The third kappa shape index (κ3) is 3.90. The van der Waals surface area contributed by atoms with Crippen LogP contribution in [0.5, 0.6) is 0 Å². The van der Waals surface area contributed by atoms with Crippen molar-refractivity contribution in [3.8, 4) is 6.07 Å². The molecule has 0 aromatic heterocycles. The summed E-state index contributed by atoms with van der Waals surface area (Å²) < 4.78 is 38.2. The van der Waals surface area contributed by atoms with Crippen molar-refractivity contribution in [2.45, 2.75) is 12.6 Å². The van der Waals surface area contributed by atoms with Gasteiger partial charge in [0.2, 0.25) is 0 Å². The van der Waals surface area contributed by atoms with Crippen LogP contribution in [0.1, 0.15) is 23.1 Å². The maximum Gasteiger partial charge on any atom is 0.417 e. The first-order valence-electron chi connectivity index (χ1n) is 4.83. The third-order valence-corrected chi connectivity index (χ3v) is 2.52. The number of rotatable bonds is 3. The summed E-state index contributed by atoms with van der Waals surface area (Å²) in [5, 5.41) is 9.29. The molecule has 1 nitrogen and oxygen atoms in total. The Kier molecular flexibility index (Phi) is 4.76. The summed E-state index contributed by atoms with van der Waals surface area (Å²) in [6, 6.07) is 5.26. The number of halogens is 4. The average molecular weight is 304 g/mol. The molecule has 1 aromatic carbocycles. The van der Waals surface area contributed by atoms with Gasteiger partial charge < -0.3 is 0 Å². The molecule has 0 bridgehead atoms. The maximum absolute atomic E-state index is 12.7. The van der Waals surface area contributed by atoms with Crippen LogP contribution in [-0.4, -0.2) is 5.33 Å². The highest BCUT2D eigenvalue weighted by Crippen LogP contribution is 2.33. The highest BCUT2D eigenvalue weighted by molar-refractivity contribution is 9.09. The van der Waals surface area contributed by atoms with Crippen molar-refractivity contribution >= 4 is 22.0 Å². The first-order chi connectivity index (χ1) is 7.99. The molecule has 90 valence electrons. The summed E-state index contributed by atoms with van der Waals surface area (Å²) in [5.74, 6) is 0. The highest BCUT2D eigenvalue weighted by Gasteiger charge is 2.32. The van der Waals surface area contributed by atoms with Gasteiger partial charge in [0.25, 0.3) is 0 Å². The zero-order chi connectivity index (χ0) is 12.9. The van der Waals surface area contributed by atoms with Gasteiger partial charge in [0.1, 0.15) is 0 Å². The van der Waals surface area contributed by atoms with Crippen molar-refractivity contribution < 1.29 is 13.2 Å². The van der Waals surface area contributed by atoms with Gasteiger partial charge in [-0.2, -0.15) is 18.4 Å². The Morgan fingerprint density at radius 1 is 1.35 bits per heavy atom. The summed E-state index contributed by atoms with van der Waals surface area (Å²) in [6.07, 6.45) is -0.713. The van der Waals surface area contributed by atoms with Crippen LogP contribution in [0.2, 0.25) is 0 Å². The highest BCUT2D eigenvalue weighted by atomic mass is 79.9. The van der Waals surface area contributed by atoms with E-state index in [2.05, 4.69) is 15.9 Å². The number of allylic oxidation sites excluding steroid dienone is 1. The number of alkyl halides is 4. The Bertz CT molecular complexity index is 458. The molecule has 0 fully saturated rings. The molecular weight excluding hydrogens is 295 g/mol. The van der Waals surface area contributed by atoms with Crippen molar-refractivity contribution in [1.29, 1.82) is 5.26 Å². The van der Waals surface area contributed by atoms with Crippen LogP contribution in [0.15, 0.2) is 24.3 Å². The Labute approximate surface area is 106 Å². The van der Waals surface area contributed by atoms with Gasteiger partial charge in [-0.3, -0.25) is 0 Å². The number of nitrogens with zero attached hydrogens (tertiary/aromatic N) is 1. The predicted octanol–water partition coefficient (Wildman–Crippen LogP) is 4.38. The van der Waals surface area contributed by atoms with Crippen molar-refractivity contribution in [3.05, 3.63) is 41.0 Å². The number of benzene rings is 1. The van der Waals surface area contributed by atoms with Crippen molar-refractivity contribution in [2.75, 3.05) is 5.33 Å². The van der Waals surface area contributed by atoms with Gasteiger partial charge >= 0.3 is 6.18 Å². The van der Waals surface area contributed by atoms with Gasteiger partial charge in [-0.05, 0) is 24.1 Å². The standard InChI is InChI=1S/C12H9BrF3N/c13-6-2-1-3-10-5-4-9(8-17)7-11(10)12(14,15)16/h1,3-5,7H,2,6H2. The summed E-state index contributed by atoms with van der Waals surface area (Å²) in [6.45, 7) is 0. The van der Waals surface area contributed by atoms with Gasteiger partial charge in [0, 0.05) is 5.33 Å². The minimum atomic E-state index is -4.44. The fourth-order valence-corrected chi connectivity index (χ4v) is 1.55.